The first kappa shape index (κ1) is 18.1. The molecule has 2 unspecified atom stereocenters. The molecular weight excluding hydrogens is 370 g/mol. The van der Waals surface area contributed by atoms with E-state index in [9.17, 15) is 15.3 Å². The lowest BCUT2D eigenvalue weighted by molar-refractivity contribution is -0.0548. The summed E-state index contributed by atoms with van der Waals surface area (Å²) in [6.45, 7) is 1.56. The first-order chi connectivity index (χ1) is 13.0. The summed E-state index contributed by atoms with van der Waals surface area (Å²) in [6.07, 6.45) is -3.06. The quantitative estimate of drug-likeness (QED) is 0.501. The summed E-state index contributed by atoms with van der Waals surface area (Å²) in [5.41, 5.74) is 7.77. The standard InChI is InChI=1S/C17H19N5O4S/c1-8-4-2-3-5-10(8)27-17-21-11-14(18)19-7-20-15(11)22(17)16-13(25)12(24)9(6-23)26-16/h2-5,7,9,12-13,16,23-25H,6H2,1H3,(H2,18,19,20)/t9-,12?,13?,16-/m1/s1. The van der Waals surface area contributed by atoms with Crippen molar-refractivity contribution < 1.29 is 20.1 Å². The van der Waals surface area contributed by atoms with Gasteiger partial charge in [-0.25, -0.2) is 15.0 Å². The van der Waals surface area contributed by atoms with Crippen LogP contribution in [0.15, 0.2) is 40.6 Å². The van der Waals surface area contributed by atoms with Gasteiger partial charge in [-0.15, -0.1) is 0 Å². The highest BCUT2D eigenvalue weighted by Gasteiger charge is 2.45. The Morgan fingerprint density at radius 3 is 2.70 bits per heavy atom. The second kappa shape index (κ2) is 7.06. The van der Waals surface area contributed by atoms with Crippen molar-refractivity contribution in [1.82, 2.24) is 19.5 Å². The van der Waals surface area contributed by atoms with Crippen LogP contribution in [0.1, 0.15) is 11.8 Å². The molecule has 0 aliphatic carbocycles. The second-order valence-corrected chi connectivity index (χ2v) is 7.30. The van der Waals surface area contributed by atoms with Crippen LogP contribution in [0.5, 0.6) is 0 Å². The summed E-state index contributed by atoms with van der Waals surface area (Å²) in [7, 11) is 0. The van der Waals surface area contributed by atoms with Crippen LogP contribution < -0.4 is 5.73 Å². The van der Waals surface area contributed by atoms with Crippen molar-refractivity contribution in [2.45, 2.75) is 41.5 Å². The number of nitrogens with two attached hydrogens (primary N) is 1. The summed E-state index contributed by atoms with van der Waals surface area (Å²) in [5, 5.41) is 30.5. The van der Waals surface area contributed by atoms with Crippen LogP contribution in [0.2, 0.25) is 0 Å². The predicted molar refractivity (Wildman–Crippen MR) is 98.0 cm³/mol. The van der Waals surface area contributed by atoms with E-state index in [1.54, 1.807) is 4.57 Å². The molecule has 2 aromatic heterocycles. The van der Waals surface area contributed by atoms with E-state index >= 15 is 0 Å². The number of benzene rings is 1. The van der Waals surface area contributed by atoms with E-state index in [-0.39, 0.29) is 5.82 Å². The number of nitrogens with zero attached hydrogens (tertiary/aromatic N) is 4. The van der Waals surface area contributed by atoms with Crippen molar-refractivity contribution in [2.75, 3.05) is 12.3 Å². The number of hydrogen-bond donors (Lipinski definition) is 4. The van der Waals surface area contributed by atoms with Gasteiger partial charge in [-0.1, -0.05) is 30.0 Å². The third-order valence-electron chi connectivity index (χ3n) is 4.54. The number of aliphatic hydroxyl groups is 3. The Labute approximate surface area is 158 Å². The minimum absolute atomic E-state index is 0.206. The third-order valence-corrected chi connectivity index (χ3v) is 5.69. The van der Waals surface area contributed by atoms with Gasteiger partial charge in [-0.3, -0.25) is 4.57 Å². The molecule has 1 aliphatic rings. The van der Waals surface area contributed by atoms with Crippen molar-refractivity contribution in [1.29, 1.82) is 0 Å². The van der Waals surface area contributed by atoms with Crippen molar-refractivity contribution in [2.24, 2.45) is 0 Å². The number of aryl methyl sites for hydroxylation is 1. The van der Waals surface area contributed by atoms with Gasteiger partial charge in [-0.05, 0) is 18.6 Å². The van der Waals surface area contributed by atoms with Gasteiger partial charge in [0.2, 0.25) is 0 Å². The van der Waals surface area contributed by atoms with Crippen molar-refractivity contribution in [3.63, 3.8) is 0 Å². The molecule has 10 heteroatoms. The zero-order valence-electron chi connectivity index (χ0n) is 14.4. The maximum Gasteiger partial charge on any atom is 0.177 e. The number of aliphatic hydroxyl groups excluding tert-OH is 3. The van der Waals surface area contributed by atoms with Gasteiger partial charge in [0.25, 0.3) is 0 Å². The monoisotopic (exact) mass is 389 g/mol. The smallest absolute Gasteiger partial charge is 0.177 e. The van der Waals surface area contributed by atoms with Crippen molar-refractivity contribution in [3.8, 4) is 0 Å². The van der Waals surface area contributed by atoms with Crippen LogP contribution in [-0.4, -0.2) is 59.8 Å². The number of imidazole rings is 1. The van der Waals surface area contributed by atoms with Gasteiger partial charge in [0.05, 0.1) is 6.61 Å². The highest BCUT2D eigenvalue weighted by molar-refractivity contribution is 7.99. The second-order valence-electron chi connectivity index (χ2n) is 6.29. The molecule has 0 radical (unpaired) electrons. The van der Waals surface area contributed by atoms with Crippen LogP contribution in [0.3, 0.4) is 0 Å². The molecule has 1 aromatic carbocycles. The molecule has 0 amide bonds. The summed E-state index contributed by atoms with van der Waals surface area (Å²) < 4.78 is 7.29. The zero-order valence-corrected chi connectivity index (χ0v) is 15.2. The average Bonchev–Trinajstić information content (AvgIpc) is 3.16. The fraction of sp³-hybridized carbons (Fsp3) is 0.353. The van der Waals surface area contributed by atoms with Crippen LogP contribution in [0.25, 0.3) is 11.2 Å². The van der Waals surface area contributed by atoms with E-state index in [1.807, 2.05) is 31.2 Å². The topological polar surface area (TPSA) is 140 Å². The molecule has 0 saturated carbocycles. The molecule has 9 nitrogen and oxygen atoms in total. The van der Waals surface area contributed by atoms with E-state index in [0.717, 1.165) is 10.5 Å². The molecule has 142 valence electrons. The summed E-state index contributed by atoms with van der Waals surface area (Å²) in [4.78, 5) is 13.7. The van der Waals surface area contributed by atoms with Crippen LogP contribution in [0, 0.1) is 6.92 Å². The minimum atomic E-state index is -1.26. The Morgan fingerprint density at radius 1 is 1.22 bits per heavy atom. The molecule has 4 atom stereocenters. The van der Waals surface area contributed by atoms with Gasteiger partial charge in [0.1, 0.15) is 24.6 Å². The lowest BCUT2D eigenvalue weighted by Crippen LogP contribution is -2.33. The summed E-state index contributed by atoms with van der Waals surface area (Å²) in [6, 6.07) is 7.80. The van der Waals surface area contributed by atoms with Gasteiger partial charge in [-0.2, -0.15) is 0 Å². The molecule has 4 rings (SSSR count). The summed E-state index contributed by atoms with van der Waals surface area (Å²) in [5.74, 6) is 0.206. The number of hydrogen-bond acceptors (Lipinski definition) is 9. The number of fused-ring (bicyclic) bond motifs is 1. The van der Waals surface area contributed by atoms with Gasteiger partial charge in [0, 0.05) is 4.90 Å². The highest BCUT2D eigenvalue weighted by atomic mass is 32.2. The number of ether oxygens (including phenoxy) is 1. The molecule has 27 heavy (non-hydrogen) atoms. The third kappa shape index (κ3) is 3.05. The highest BCUT2D eigenvalue weighted by Crippen LogP contribution is 2.39. The first-order valence-electron chi connectivity index (χ1n) is 8.35. The molecule has 1 fully saturated rings. The van der Waals surface area contributed by atoms with Gasteiger partial charge in [0.15, 0.2) is 28.4 Å². The largest absolute Gasteiger partial charge is 0.394 e. The van der Waals surface area contributed by atoms with Crippen molar-refractivity contribution in [3.05, 3.63) is 36.2 Å². The summed E-state index contributed by atoms with van der Waals surface area (Å²) >= 11 is 1.37. The van der Waals surface area contributed by atoms with Crippen molar-refractivity contribution >= 4 is 28.7 Å². The molecule has 0 bridgehead atoms. The number of anilines is 1. The average molecular weight is 389 g/mol. The molecule has 5 N–H and O–H groups in total. The lowest BCUT2D eigenvalue weighted by atomic mass is 10.1. The Balaban J connectivity index is 1.85. The molecule has 1 saturated heterocycles. The molecule has 0 spiro atoms. The fourth-order valence-corrected chi connectivity index (χ4v) is 4.07. The molecular formula is C17H19N5O4S. The lowest BCUT2D eigenvalue weighted by Gasteiger charge is -2.19. The van der Waals surface area contributed by atoms with Gasteiger partial charge < -0.3 is 25.8 Å². The van der Waals surface area contributed by atoms with E-state index in [4.69, 9.17) is 10.5 Å². The Bertz CT molecular complexity index is 981. The maximum absolute atomic E-state index is 10.5. The first-order valence-corrected chi connectivity index (χ1v) is 9.17. The van der Waals surface area contributed by atoms with E-state index < -0.39 is 31.1 Å². The Hall–Kier alpha value is -2.24. The minimum Gasteiger partial charge on any atom is -0.394 e. The van der Waals surface area contributed by atoms with E-state index in [1.165, 1.54) is 18.1 Å². The van der Waals surface area contributed by atoms with Crippen LogP contribution in [-0.2, 0) is 4.74 Å². The van der Waals surface area contributed by atoms with Crippen LogP contribution in [0.4, 0.5) is 5.82 Å². The number of rotatable bonds is 4. The SMILES string of the molecule is Cc1ccccc1Sc1nc2c(N)ncnc2n1[C@@H]1O[C@H](CO)C(O)C1O. The van der Waals surface area contributed by atoms with Gasteiger partial charge >= 0.3 is 0 Å². The zero-order chi connectivity index (χ0) is 19.1. The number of aromatic nitrogens is 4. The number of nitrogen functional groups attached to an aromatic ring is 1. The molecule has 1 aliphatic heterocycles. The Kier molecular flexibility index (Phi) is 4.74. The maximum atomic E-state index is 10.5. The van der Waals surface area contributed by atoms with Crippen LogP contribution >= 0.6 is 11.8 Å². The fourth-order valence-electron chi connectivity index (χ4n) is 3.07. The van der Waals surface area contributed by atoms with E-state index in [0.29, 0.717) is 16.3 Å². The van der Waals surface area contributed by atoms with E-state index in [2.05, 4.69) is 15.0 Å². The molecule has 3 aromatic rings. The predicted octanol–water partition coefficient (Wildman–Crippen LogP) is 0.480. The Morgan fingerprint density at radius 2 is 2.00 bits per heavy atom. The normalized spacial score (nSPS) is 25.3. The molecule has 3 heterocycles.